The first-order valence-electron chi connectivity index (χ1n) is 4.05. The number of aliphatic hydroxyl groups is 1. The highest BCUT2D eigenvalue weighted by atomic mass is 16.3. The van der Waals surface area contributed by atoms with Crippen molar-refractivity contribution >= 4 is 0 Å². The first-order chi connectivity index (χ1) is 4.77. The summed E-state index contributed by atoms with van der Waals surface area (Å²) in [5.41, 5.74) is 0.582. The van der Waals surface area contributed by atoms with Gasteiger partial charge in [-0.15, -0.1) is 0 Å². The van der Waals surface area contributed by atoms with Crippen molar-refractivity contribution in [3.8, 4) is 0 Å². The smallest absolute Gasteiger partial charge is 0.0679 e. The molecule has 1 N–H and O–H groups in total. The molecule has 1 heteroatoms. The summed E-state index contributed by atoms with van der Waals surface area (Å²) >= 11 is 0. The minimum Gasteiger partial charge on any atom is -0.390 e. The average Bonchev–Trinajstić information content (AvgIpc) is 2.43. The molecular formula is C10H17O. The van der Waals surface area contributed by atoms with Crippen LogP contribution < -0.4 is 0 Å². The standard InChI is InChI=1S/C10H17O/c1-7-6-8(7)9(2,3)10(4,5)11/h6,11H,1-5H3. The molecule has 0 aromatic heterocycles. The molecule has 0 heterocycles. The predicted molar refractivity (Wildman–Crippen MR) is 47.1 cm³/mol. The topological polar surface area (TPSA) is 20.2 Å². The van der Waals surface area contributed by atoms with Crippen LogP contribution in [0.2, 0.25) is 0 Å². The zero-order chi connectivity index (χ0) is 8.86. The minimum atomic E-state index is -0.628. The summed E-state index contributed by atoms with van der Waals surface area (Å²) < 4.78 is 0. The SMILES string of the molecule is C[C]1C=C1C(C)(C)C(C)(C)O. The van der Waals surface area contributed by atoms with Gasteiger partial charge < -0.3 is 5.11 Å². The Kier molecular flexibility index (Phi) is 1.68. The zero-order valence-electron chi connectivity index (χ0n) is 8.02. The molecule has 1 nitrogen and oxygen atoms in total. The number of allylic oxidation sites excluding steroid dienone is 1. The maximum Gasteiger partial charge on any atom is 0.0679 e. The molecule has 11 heavy (non-hydrogen) atoms. The third-order valence-corrected chi connectivity index (χ3v) is 2.91. The molecule has 1 radical (unpaired) electrons. The van der Waals surface area contributed by atoms with Crippen molar-refractivity contribution in [3.05, 3.63) is 17.6 Å². The van der Waals surface area contributed by atoms with Crippen LogP contribution in [0.4, 0.5) is 0 Å². The van der Waals surface area contributed by atoms with Crippen LogP contribution in [0.5, 0.6) is 0 Å². The Balaban J connectivity index is 2.76. The minimum absolute atomic E-state index is 0.100. The Hall–Kier alpha value is -0.300. The van der Waals surface area contributed by atoms with Crippen LogP contribution in [-0.4, -0.2) is 10.7 Å². The van der Waals surface area contributed by atoms with E-state index in [1.165, 1.54) is 11.5 Å². The van der Waals surface area contributed by atoms with Crippen LogP contribution >= 0.6 is 0 Å². The molecule has 1 rings (SSSR count). The van der Waals surface area contributed by atoms with Gasteiger partial charge in [0.2, 0.25) is 0 Å². The molecule has 0 aromatic carbocycles. The number of rotatable bonds is 2. The van der Waals surface area contributed by atoms with Crippen LogP contribution in [0.3, 0.4) is 0 Å². The van der Waals surface area contributed by atoms with E-state index in [2.05, 4.69) is 26.8 Å². The Morgan fingerprint density at radius 2 is 1.55 bits per heavy atom. The van der Waals surface area contributed by atoms with Gasteiger partial charge in [-0.05, 0) is 13.8 Å². The van der Waals surface area contributed by atoms with Gasteiger partial charge in [0, 0.05) is 11.3 Å². The molecule has 0 aromatic rings. The molecule has 0 amide bonds. The number of hydrogen-bond donors (Lipinski definition) is 1. The molecule has 63 valence electrons. The van der Waals surface area contributed by atoms with Crippen molar-refractivity contribution in [1.82, 2.24) is 0 Å². The fourth-order valence-corrected chi connectivity index (χ4v) is 1.18. The van der Waals surface area contributed by atoms with Crippen LogP contribution in [0.25, 0.3) is 0 Å². The monoisotopic (exact) mass is 153 g/mol. The third kappa shape index (κ3) is 1.34. The lowest BCUT2D eigenvalue weighted by Crippen LogP contribution is -2.38. The largest absolute Gasteiger partial charge is 0.390 e. The van der Waals surface area contributed by atoms with Crippen molar-refractivity contribution < 1.29 is 5.11 Å². The first kappa shape index (κ1) is 8.79. The lowest BCUT2D eigenvalue weighted by Gasteiger charge is -2.36. The fraction of sp³-hybridized carbons (Fsp3) is 0.700. The first-order valence-corrected chi connectivity index (χ1v) is 4.05. The summed E-state index contributed by atoms with van der Waals surface area (Å²) in [6, 6.07) is 0. The van der Waals surface area contributed by atoms with Gasteiger partial charge in [0.05, 0.1) is 5.60 Å². The maximum absolute atomic E-state index is 9.82. The van der Waals surface area contributed by atoms with Gasteiger partial charge in [0.25, 0.3) is 0 Å². The zero-order valence-corrected chi connectivity index (χ0v) is 8.02. The van der Waals surface area contributed by atoms with E-state index >= 15 is 0 Å². The Bertz CT molecular complexity index is 193. The molecule has 0 bridgehead atoms. The van der Waals surface area contributed by atoms with Crippen molar-refractivity contribution in [2.75, 3.05) is 0 Å². The summed E-state index contributed by atoms with van der Waals surface area (Å²) in [4.78, 5) is 0. The second-order valence-corrected chi connectivity index (χ2v) is 4.43. The molecule has 0 saturated heterocycles. The van der Waals surface area contributed by atoms with E-state index in [1.807, 2.05) is 13.8 Å². The van der Waals surface area contributed by atoms with E-state index in [0.29, 0.717) is 0 Å². The lowest BCUT2D eigenvalue weighted by molar-refractivity contribution is -0.0109. The van der Waals surface area contributed by atoms with Crippen LogP contribution in [0.15, 0.2) is 11.6 Å². The molecule has 0 unspecified atom stereocenters. The second kappa shape index (κ2) is 2.10. The summed E-state index contributed by atoms with van der Waals surface area (Å²) in [5, 5.41) is 9.82. The van der Waals surface area contributed by atoms with E-state index < -0.39 is 5.60 Å². The van der Waals surface area contributed by atoms with Gasteiger partial charge in [0.15, 0.2) is 0 Å². The lowest BCUT2D eigenvalue weighted by atomic mass is 9.74. The van der Waals surface area contributed by atoms with Gasteiger partial charge >= 0.3 is 0 Å². The van der Waals surface area contributed by atoms with Crippen molar-refractivity contribution in [1.29, 1.82) is 0 Å². The Labute approximate surface area is 69.1 Å². The summed E-state index contributed by atoms with van der Waals surface area (Å²) in [5.74, 6) is 1.33. The molecule has 1 aliphatic rings. The molecule has 0 fully saturated rings. The van der Waals surface area contributed by atoms with E-state index in [0.717, 1.165) is 0 Å². The van der Waals surface area contributed by atoms with Crippen LogP contribution in [0.1, 0.15) is 34.6 Å². The molecule has 0 aliphatic heterocycles. The van der Waals surface area contributed by atoms with Gasteiger partial charge in [-0.1, -0.05) is 32.4 Å². The maximum atomic E-state index is 9.82. The second-order valence-electron chi connectivity index (χ2n) is 4.43. The van der Waals surface area contributed by atoms with Gasteiger partial charge in [-0.25, -0.2) is 0 Å². The van der Waals surface area contributed by atoms with Gasteiger partial charge in [-0.2, -0.15) is 0 Å². The number of hydrogen-bond acceptors (Lipinski definition) is 1. The molecular weight excluding hydrogens is 136 g/mol. The molecule has 0 spiro atoms. The summed E-state index contributed by atoms with van der Waals surface area (Å²) in [6.07, 6.45) is 2.14. The van der Waals surface area contributed by atoms with E-state index in [9.17, 15) is 5.11 Å². The van der Waals surface area contributed by atoms with Crippen molar-refractivity contribution in [3.63, 3.8) is 0 Å². The molecule has 1 aliphatic carbocycles. The predicted octanol–water partition coefficient (Wildman–Crippen LogP) is 2.32. The highest BCUT2D eigenvalue weighted by molar-refractivity contribution is 5.53. The molecule has 0 atom stereocenters. The van der Waals surface area contributed by atoms with E-state index in [1.54, 1.807) is 0 Å². The summed E-state index contributed by atoms with van der Waals surface area (Å²) in [7, 11) is 0. The van der Waals surface area contributed by atoms with Crippen molar-refractivity contribution in [2.45, 2.75) is 40.2 Å². The van der Waals surface area contributed by atoms with Crippen molar-refractivity contribution in [2.24, 2.45) is 5.41 Å². The highest BCUT2D eigenvalue weighted by Crippen LogP contribution is 2.50. The van der Waals surface area contributed by atoms with Gasteiger partial charge in [-0.3, -0.25) is 0 Å². The normalized spacial score (nSPS) is 20.0. The quantitative estimate of drug-likeness (QED) is 0.645. The molecule has 0 saturated carbocycles. The van der Waals surface area contributed by atoms with Crippen LogP contribution in [-0.2, 0) is 0 Å². The fourth-order valence-electron chi connectivity index (χ4n) is 1.18. The van der Waals surface area contributed by atoms with Crippen LogP contribution in [0, 0.1) is 11.3 Å². The Morgan fingerprint density at radius 1 is 1.18 bits per heavy atom. The highest BCUT2D eigenvalue weighted by Gasteiger charge is 2.44. The summed E-state index contributed by atoms with van der Waals surface area (Å²) in [6.45, 7) is 9.96. The average molecular weight is 153 g/mol. The van der Waals surface area contributed by atoms with Gasteiger partial charge in [0.1, 0.15) is 0 Å². The Morgan fingerprint density at radius 3 is 1.64 bits per heavy atom. The third-order valence-electron chi connectivity index (χ3n) is 2.91. The van der Waals surface area contributed by atoms with E-state index in [-0.39, 0.29) is 5.41 Å². The van der Waals surface area contributed by atoms with E-state index in [4.69, 9.17) is 0 Å².